The van der Waals surface area contributed by atoms with E-state index in [-0.39, 0.29) is 36.7 Å². The Bertz CT molecular complexity index is 1250. The van der Waals surface area contributed by atoms with E-state index in [0.717, 1.165) is 36.1 Å². The number of fused-ring (bicyclic) bond motifs is 3. The van der Waals surface area contributed by atoms with Gasteiger partial charge in [-0.2, -0.15) is 0 Å². The fourth-order valence-electron chi connectivity index (χ4n) is 3.89. The number of hydrogen-bond acceptors (Lipinski definition) is 6. The number of amides is 1. The summed E-state index contributed by atoms with van der Waals surface area (Å²) in [6.07, 6.45) is 6.17. The second-order valence-electron chi connectivity index (χ2n) is 7.72. The first-order valence-electron chi connectivity index (χ1n) is 10.5. The van der Waals surface area contributed by atoms with Crippen LogP contribution in [0.5, 0.6) is 0 Å². The molecule has 0 atom stereocenters. The highest BCUT2D eigenvalue weighted by atomic mass is 32.2. The Kier molecular flexibility index (Phi) is 6.52. The SMILES string of the molecule is O=C(CCn1cnc2sc3c(c2c1=O)CCCC3)NCCCS(=O)(=O)c1ccccc1. The molecule has 4 rings (SSSR count). The van der Waals surface area contributed by atoms with Crippen LogP contribution in [0.1, 0.15) is 36.1 Å². The van der Waals surface area contributed by atoms with Crippen molar-refractivity contribution in [1.82, 2.24) is 14.9 Å². The molecule has 164 valence electrons. The van der Waals surface area contributed by atoms with Gasteiger partial charge in [0.2, 0.25) is 5.91 Å². The molecule has 2 heterocycles. The Balaban J connectivity index is 1.30. The monoisotopic (exact) mass is 459 g/mol. The molecule has 1 N–H and O–H groups in total. The molecule has 7 nitrogen and oxygen atoms in total. The van der Waals surface area contributed by atoms with Crippen molar-refractivity contribution in [3.63, 3.8) is 0 Å². The summed E-state index contributed by atoms with van der Waals surface area (Å²) in [5.74, 6) is -0.239. The summed E-state index contributed by atoms with van der Waals surface area (Å²) in [7, 11) is -3.35. The highest BCUT2D eigenvalue weighted by Crippen LogP contribution is 2.33. The van der Waals surface area contributed by atoms with Crippen LogP contribution in [0.25, 0.3) is 10.2 Å². The van der Waals surface area contributed by atoms with Gasteiger partial charge in [0.1, 0.15) is 4.83 Å². The Morgan fingerprint density at radius 2 is 1.94 bits per heavy atom. The standard InChI is InChI=1S/C22H25N3O4S2/c26-19(23-12-6-14-31(28,29)16-7-2-1-3-8-16)11-13-25-15-24-21-20(22(25)27)17-9-4-5-10-18(17)30-21/h1-3,7-8,15H,4-6,9-14H2,(H,23,26). The van der Waals surface area contributed by atoms with E-state index in [1.54, 1.807) is 41.7 Å². The molecule has 0 saturated carbocycles. The minimum atomic E-state index is -3.35. The van der Waals surface area contributed by atoms with Crippen LogP contribution >= 0.6 is 11.3 Å². The number of aryl methyl sites for hydroxylation is 3. The third-order valence-electron chi connectivity index (χ3n) is 5.54. The van der Waals surface area contributed by atoms with Gasteiger partial charge in [-0.05, 0) is 49.8 Å². The third-order valence-corrected chi connectivity index (χ3v) is 8.55. The third kappa shape index (κ3) is 4.88. The smallest absolute Gasteiger partial charge is 0.262 e. The van der Waals surface area contributed by atoms with Crippen LogP contribution in [0.15, 0.2) is 46.3 Å². The van der Waals surface area contributed by atoms with Crippen molar-refractivity contribution >= 4 is 37.3 Å². The number of nitrogens with one attached hydrogen (secondary N) is 1. The number of sulfone groups is 1. The predicted octanol–water partition coefficient (Wildman–Crippen LogP) is 2.71. The summed E-state index contributed by atoms with van der Waals surface area (Å²) < 4.78 is 26.0. The van der Waals surface area contributed by atoms with E-state index in [4.69, 9.17) is 0 Å². The van der Waals surface area contributed by atoms with Crippen molar-refractivity contribution in [3.8, 4) is 0 Å². The van der Waals surface area contributed by atoms with Gasteiger partial charge in [0.15, 0.2) is 9.84 Å². The Labute approximate surface area is 185 Å². The number of rotatable bonds is 8. The van der Waals surface area contributed by atoms with Crippen molar-refractivity contribution < 1.29 is 13.2 Å². The van der Waals surface area contributed by atoms with Crippen molar-refractivity contribution in [2.45, 2.75) is 50.0 Å². The van der Waals surface area contributed by atoms with Crippen LogP contribution in [0.2, 0.25) is 0 Å². The van der Waals surface area contributed by atoms with Crippen LogP contribution in [-0.2, 0) is 34.0 Å². The van der Waals surface area contributed by atoms with E-state index in [2.05, 4.69) is 10.3 Å². The van der Waals surface area contributed by atoms with Crippen LogP contribution in [0.3, 0.4) is 0 Å². The van der Waals surface area contributed by atoms with Gasteiger partial charge in [0, 0.05) is 24.4 Å². The van der Waals surface area contributed by atoms with Gasteiger partial charge in [-0.25, -0.2) is 13.4 Å². The molecule has 0 fully saturated rings. The second-order valence-corrected chi connectivity index (χ2v) is 10.9. The molecule has 0 aliphatic heterocycles. The molecule has 0 bridgehead atoms. The lowest BCUT2D eigenvalue weighted by molar-refractivity contribution is -0.121. The maximum Gasteiger partial charge on any atom is 0.262 e. The van der Waals surface area contributed by atoms with Gasteiger partial charge in [0.05, 0.1) is 22.4 Å². The molecule has 1 amide bonds. The Hall–Kier alpha value is -2.52. The molecule has 0 saturated heterocycles. The second kappa shape index (κ2) is 9.32. The first-order chi connectivity index (χ1) is 15.0. The minimum Gasteiger partial charge on any atom is -0.356 e. The van der Waals surface area contributed by atoms with Crippen LogP contribution in [0.4, 0.5) is 0 Å². The van der Waals surface area contributed by atoms with E-state index < -0.39 is 9.84 Å². The number of carbonyl (C=O) groups is 1. The number of aromatic nitrogens is 2. The zero-order chi connectivity index (χ0) is 21.8. The van der Waals surface area contributed by atoms with Gasteiger partial charge < -0.3 is 5.32 Å². The lowest BCUT2D eigenvalue weighted by atomic mass is 9.97. The van der Waals surface area contributed by atoms with Gasteiger partial charge in [0.25, 0.3) is 5.56 Å². The highest BCUT2D eigenvalue weighted by Gasteiger charge is 2.20. The van der Waals surface area contributed by atoms with E-state index in [9.17, 15) is 18.0 Å². The molecule has 1 aromatic carbocycles. The lowest BCUT2D eigenvalue weighted by Crippen LogP contribution is -2.29. The lowest BCUT2D eigenvalue weighted by Gasteiger charge is -2.10. The molecular formula is C22H25N3O4S2. The van der Waals surface area contributed by atoms with E-state index in [0.29, 0.717) is 16.7 Å². The number of carbonyl (C=O) groups excluding carboxylic acids is 1. The highest BCUT2D eigenvalue weighted by molar-refractivity contribution is 7.91. The largest absolute Gasteiger partial charge is 0.356 e. The molecule has 1 aliphatic rings. The zero-order valence-electron chi connectivity index (χ0n) is 17.2. The molecule has 0 spiro atoms. The van der Waals surface area contributed by atoms with Gasteiger partial charge in [-0.15, -0.1) is 11.3 Å². The summed E-state index contributed by atoms with van der Waals surface area (Å²) in [5.41, 5.74) is 1.06. The molecule has 2 aromatic heterocycles. The van der Waals surface area contributed by atoms with Crippen LogP contribution in [0, 0.1) is 0 Å². The first kappa shape index (κ1) is 21.7. The van der Waals surface area contributed by atoms with Crippen molar-refractivity contribution in [1.29, 1.82) is 0 Å². The first-order valence-corrected chi connectivity index (χ1v) is 13.0. The summed E-state index contributed by atoms with van der Waals surface area (Å²) >= 11 is 1.61. The van der Waals surface area contributed by atoms with Gasteiger partial charge >= 0.3 is 0 Å². The summed E-state index contributed by atoms with van der Waals surface area (Å²) in [6.45, 7) is 0.523. The fourth-order valence-corrected chi connectivity index (χ4v) is 6.44. The summed E-state index contributed by atoms with van der Waals surface area (Å²) in [6, 6.07) is 8.29. The molecular weight excluding hydrogens is 434 g/mol. The maximum absolute atomic E-state index is 12.9. The van der Waals surface area contributed by atoms with Gasteiger partial charge in [-0.1, -0.05) is 18.2 Å². The summed E-state index contributed by atoms with van der Waals surface area (Å²) in [4.78, 5) is 31.9. The molecule has 9 heteroatoms. The van der Waals surface area contributed by atoms with E-state index in [1.165, 1.54) is 15.8 Å². The van der Waals surface area contributed by atoms with Crippen LogP contribution in [-0.4, -0.2) is 36.2 Å². The zero-order valence-corrected chi connectivity index (χ0v) is 18.8. The van der Waals surface area contributed by atoms with Crippen LogP contribution < -0.4 is 10.9 Å². The Morgan fingerprint density at radius 3 is 2.74 bits per heavy atom. The van der Waals surface area contributed by atoms with Crippen molar-refractivity contribution in [2.24, 2.45) is 0 Å². The molecule has 0 unspecified atom stereocenters. The van der Waals surface area contributed by atoms with E-state index in [1.807, 2.05) is 0 Å². The molecule has 0 radical (unpaired) electrons. The number of hydrogen-bond donors (Lipinski definition) is 1. The maximum atomic E-state index is 12.9. The topological polar surface area (TPSA) is 98.1 Å². The van der Waals surface area contributed by atoms with E-state index >= 15 is 0 Å². The quantitative estimate of drug-likeness (QED) is 0.522. The minimum absolute atomic E-state index is 0.0272. The van der Waals surface area contributed by atoms with Gasteiger partial charge in [-0.3, -0.25) is 14.2 Å². The average molecular weight is 460 g/mol. The fraction of sp³-hybridized carbons (Fsp3) is 0.409. The number of benzene rings is 1. The van der Waals surface area contributed by atoms with Crippen molar-refractivity contribution in [3.05, 3.63) is 57.5 Å². The molecule has 1 aliphatic carbocycles. The molecule has 3 aromatic rings. The average Bonchev–Trinajstić information content (AvgIpc) is 3.16. The number of thiophene rings is 1. The molecule has 31 heavy (non-hydrogen) atoms. The Morgan fingerprint density at radius 1 is 1.16 bits per heavy atom. The normalized spacial score (nSPS) is 13.8. The predicted molar refractivity (Wildman–Crippen MR) is 121 cm³/mol. The summed E-state index contributed by atoms with van der Waals surface area (Å²) in [5, 5.41) is 3.46. The van der Waals surface area contributed by atoms with Crippen molar-refractivity contribution in [2.75, 3.05) is 12.3 Å². The number of nitrogens with zero attached hydrogens (tertiary/aromatic N) is 2.